The fourth-order valence-electron chi connectivity index (χ4n) is 1.38. The van der Waals surface area contributed by atoms with Gasteiger partial charge in [-0.25, -0.2) is 0 Å². The van der Waals surface area contributed by atoms with Gasteiger partial charge in [0.25, 0.3) is 0 Å². The van der Waals surface area contributed by atoms with Gasteiger partial charge in [0.2, 0.25) is 0 Å². The SMILES string of the molecule is NCCc1ccnn1C1COC1. The van der Waals surface area contributed by atoms with E-state index in [-0.39, 0.29) is 0 Å². The summed E-state index contributed by atoms with van der Waals surface area (Å²) < 4.78 is 7.12. The molecule has 1 aliphatic heterocycles. The van der Waals surface area contributed by atoms with E-state index >= 15 is 0 Å². The lowest BCUT2D eigenvalue weighted by atomic mass is 10.2. The number of hydrogen-bond donors (Lipinski definition) is 1. The Morgan fingerprint density at radius 3 is 3.08 bits per heavy atom. The van der Waals surface area contributed by atoms with Crippen molar-refractivity contribution >= 4 is 0 Å². The summed E-state index contributed by atoms with van der Waals surface area (Å²) in [6, 6.07) is 2.46. The minimum Gasteiger partial charge on any atom is -0.377 e. The Morgan fingerprint density at radius 2 is 2.50 bits per heavy atom. The fourth-order valence-corrected chi connectivity index (χ4v) is 1.38. The van der Waals surface area contributed by atoms with Crippen molar-refractivity contribution in [1.29, 1.82) is 0 Å². The van der Waals surface area contributed by atoms with Gasteiger partial charge in [0.1, 0.15) is 0 Å². The Morgan fingerprint density at radius 1 is 1.67 bits per heavy atom. The summed E-state index contributed by atoms with van der Waals surface area (Å²) in [6.45, 7) is 2.26. The van der Waals surface area contributed by atoms with Crippen molar-refractivity contribution in [1.82, 2.24) is 9.78 Å². The van der Waals surface area contributed by atoms with Crippen LogP contribution in [0.4, 0.5) is 0 Å². The molecule has 12 heavy (non-hydrogen) atoms. The molecule has 0 amide bonds. The van der Waals surface area contributed by atoms with Crippen LogP contribution in [0.3, 0.4) is 0 Å². The van der Waals surface area contributed by atoms with E-state index in [0.717, 1.165) is 19.6 Å². The van der Waals surface area contributed by atoms with Gasteiger partial charge in [0, 0.05) is 18.3 Å². The zero-order valence-corrected chi connectivity index (χ0v) is 6.94. The first-order chi connectivity index (χ1) is 5.92. The lowest BCUT2D eigenvalue weighted by Crippen LogP contribution is -2.32. The van der Waals surface area contributed by atoms with Crippen molar-refractivity contribution in [2.45, 2.75) is 12.5 Å². The molecular formula is C8H13N3O. The maximum atomic E-state index is 5.48. The molecule has 0 aromatic carbocycles. The van der Waals surface area contributed by atoms with Gasteiger partial charge in [-0.15, -0.1) is 0 Å². The summed E-state index contributed by atoms with van der Waals surface area (Å²) in [4.78, 5) is 0. The summed E-state index contributed by atoms with van der Waals surface area (Å²) in [6.07, 6.45) is 2.72. The summed E-state index contributed by atoms with van der Waals surface area (Å²) in [5.74, 6) is 0. The van der Waals surface area contributed by atoms with Crippen LogP contribution in [0.15, 0.2) is 12.3 Å². The van der Waals surface area contributed by atoms with Gasteiger partial charge in [-0.1, -0.05) is 0 Å². The van der Waals surface area contributed by atoms with Crippen LogP contribution in [0.5, 0.6) is 0 Å². The average Bonchev–Trinajstić information content (AvgIpc) is 2.35. The fraction of sp³-hybridized carbons (Fsp3) is 0.625. The van der Waals surface area contributed by atoms with Gasteiger partial charge in [-0.3, -0.25) is 4.68 Å². The molecule has 4 heteroatoms. The summed E-state index contributed by atoms with van der Waals surface area (Å²) in [5, 5.41) is 4.24. The highest BCUT2D eigenvalue weighted by molar-refractivity contribution is 5.03. The Bertz CT molecular complexity index is 255. The molecule has 0 radical (unpaired) electrons. The normalized spacial score (nSPS) is 17.8. The Labute approximate surface area is 71.3 Å². The Kier molecular flexibility index (Phi) is 2.10. The minimum absolute atomic E-state index is 0.446. The maximum absolute atomic E-state index is 5.48. The van der Waals surface area contributed by atoms with E-state index in [1.807, 2.05) is 16.9 Å². The first-order valence-corrected chi connectivity index (χ1v) is 4.22. The van der Waals surface area contributed by atoms with E-state index in [0.29, 0.717) is 12.6 Å². The number of rotatable bonds is 3. The minimum atomic E-state index is 0.446. The number of ether oxygens (including phenoxy) is 1. The molecule has 0 spiro atoms. The molecule has 2 N–H and O–H groups in total. The van der Waals surface area contributed by atoms with E-state index in [9.17, 15) is 0 Å². The molecule has 1 aromatic heterocycles. The third-order valence-corrected chi connectivity index (χ3v) is 2.12. The third-order valence-electron chi connectivity index (χ3n) is 2.12. The second-order valence-electron chi connectivity index (χ2n) is 3.00. The molecule has 1 saturated heterocycles. The molecule has 2 heterocycles. The van der Waals surface area contributed by atoms with Crippen LogP contribution >= 0.6 is 0 Å². The highest BCUT2D eigenvalue weighted by Gasteiger charge is 2.22. The summed E-state index contributed by atoms with van der Waals surface area (Å²) in [7, 11) is 0. The molecule has 0 atom stereocenters. The molecule has 0 saturated carbocycles. The van der Waals surface area contributed by atoms with Crippen molar-refractivity contribution < 1.29 is 4.74 Å². The van der Waals surface area contributed by atoms with E-state index in [1.54, 1.807) is 0 Å². The largest absolute Gasteiger partial charge is 0.377 e. The van der Waals surface area contributed by atoms with E-state index in [4.69, 9.17) is 10.5 Å². The van der Waals surface area contributed by atoms with Crippen molar-refractivity contribution in [3.63, 3.8) is 0 Å². The van der Waals surface area contributed by atoms with Crippen LogP contribution in [0.1, 0.15) is 11.7 Å². The van der Waals surface area contributed by atoms with Gasteiger partial charge in [-0.2, -0.15) is 5.10 Å². The Balaban J connectivity index is 2.12. The van der Waals surface area contributed by atoms with Crippen molar-refractivity contribution in [2.24, 2.45) is 5.73 Å². The predicted molar refractivity (Wildman–Crippen MR) is 44.8 cm³/mol. The number of hydrogen-bond acceptors (Lipinski definition) is 3. The third kappa shape index (κ3) is 1.23. The quantitative estimate of drug-likeness (QED) is 0.687. The zero-order chi connectivity index (χ0) is 8.39. The monoisotopic (exact) mass is 167 g/mol. The first-order valence-electron chi connectivity index (χ1n) is 4.22. The van der Waals surface area contributed by atoms with E-state index in [1.165, 1.54) is 5.69 Å². The lowest BCUT2D eigenvalue weighted by molar-refractivity contribution is -0.0298. The molecule has 0 bridgehead atoms. The van der Waals surface area contributed by atoms with Crippen LogP contribution in [-0.2, 0) is 11.2 Å². The molecule has 0 unspecified atom stereocenters. The predicted octanol–water partition coefficient (Wildman–Crippen LogP) is -0.0444. The van der Waals surface area contributed by atoms with Crippen LogP contribution in [0.25, 0.3) is 0 Å². The highest BCUT2D eigenvalue weighted by atomic mass is 16.5. The lowest BCUT2D eigenvalue weighted by Gasteiger charge is -2.27. The Hall–Kier alpha value is -0.870. The second kappa shape index (κ2) is 3.25. The molecular weight excluding hydrogens is 154 g/mol. The molecule has 1 aromatic rings. The van der Waals surface area contributed by atoms with Gasteiger partial charge in [0.15, 0.2) is 0 Å². The molecule has 1 aliphatic rings. The van der Waals surface area contributed by atoms with E-state index in [2.05, 4.69) is 5.10 Å². The van der Waals surface area contributed by atoms with Crippen molar-refractivity contribution in [2.75, 3.05) is 19.8 Å². The van der Waals surface area contributed by atoms with Gasteiger partial charge < -0.3 is 10.5 Å². The van der Waals surface area contributed by atoms with Gasteiger partial charge in [-0.05, 0) is 12.6 Å². The molecule has 0 aliphatic carbocycles. The molecule has 4 nitrogen and oxygen atoms in total. The van der Waals surface area contributed by atoms with Gasteiger partial charge >= 0.3 is 0 Å². The number of nitrogens with zero attached hydrogens (tertiary/aromatic N) is 2. The number of aromatic nitrogens is 2. The standard InChI is InChI=1S/C8H13N3O/c9-3-1-7-2-4-10-11(7)8-5-12-6-8/h2,4,8H,1,3,5-6,9H2. The molecule has 1 fully saturated rings. The van der Waals surface area contributed by atoms with Crippen molar-refractivity contribution in [3.05, 3.63) is 18.0 Å². The van der Waals surface area contributed by atoms with Gasteiger partial charge in [0.05, 0.1) is 19.3 Å². The van der Waals surface area contributed by atoms with Crippen molar-refractivity contribution in [3.8, 4) is 0 Å². The van der Waals surface area contributed by atoms with Crippen LogP contribution in [-0.4, -0.2) is 29.5 Å². The molecule has 66 valence electrons. The smallest absolute Gasteiger partial charge is 0.0988 e. The molecule has 2 rings (SSSR count). The summed E-state index contributed by atoms with van der Waals surface area (Å²) in [5.41, 5.74) is 6.69. The van der Waals surface area contributed by atoms with E-state index < -0.39 is 0 Å². The van der Waals surface area contributed by atoms with Crippen LogP contribution in [0.2, 0.25) is 0 Å². The number of nitrogens with two attached hydrogens (primary N) is 1. The zero-order valence-electron chi connectivity index (χ0n) is 6.94. The summed E-state index contributed by atoms with van der Waals surface area (Å²) >= 11 is 0. The topological polar surface area (TPSA) is 53.1 Å². The average molecular weight is 167 g/mol. The van der Waals surface area contributed by atoms with Crippen LogP contribution in [0, 0.1) is 0 Å². The second-order valence-corrected chi connectivity index (χ2v) is 3.00. The first kappa shape index (κ1) is 7.76. The highest BCUT2D eigenvalue weighted by Crippen LogP contribution is 2.17. The van der Waals surface area contributed by atoms with Crippen LogP contribution < -0.4 is 5.73 Å². The maximum Gasteiger partial charge on any atom is 0.0988 e.